The van der Waals surface area contributed by atoms with E-state index in [0.717, 1.165) is 30.8 Å². The van der Waals surface area contributed by atoms with Gasteiger partial charge in [0.2, 0.25) is 5.91 Å². The van der Waals surface area contributed by atoms with Gasteiger partial charge in [-0.3, -0.25) is 4.79 Å². The van der Waals surface area contributed by atoms with E-state index in [-0.39, 0.29) is 5.03 Å². The molecular weight excluding hydrogens is 473 g/mol. The summed E-state index contributed by atoms with van der Waals surface area (Å²) in [5.41, 5.74) is 7.28. The zero-order chi connectivity index (χ0) is 25.2. The number of carbonyl (C=O) groups is 1. The number of nitrogens with zero attached hydrogens (tertiary/aromatic N) is 2. The number of aliphatic imine (C=N–C) groups is 1. The van der Waals surface area contributed by atoms with Crippen molar-refractivity contribution in [3.63, 3.8) is 0 Å². The molecule has 2 rings (SSSR count). The number of nitrogens with two attached hydrogens (primary N) is 1. The number of allylic oxidation sites excluding steroid dienone is 5. The third-order valence-electron chi connectivity index (χ3n) is 6.18. The first-order valence-electron chi connectivity index (χ1n) is 11.7. The Morgan fingerprint density at radius 1 is 1.09 bits per heavy atom. The molecule has 1 saturated carbocycles. The molecule has 0 unspecified atom stereocenters. The van der Waals surface area contributed by atoms with Crippen LogP contribution < -0.4 is 5.73 Å². The van der Waals surface area contributed by atoms with Gasteiger partial charge in [-0.25, -0.2) is 4.99 Å². The lowest BCUT2D eigenvalue weighted by atomic mass is 9.77. The summed E-state index contributed by atoms with van der Waals surface area (Å²) in [6.07, 6.45) is 11.3. The number of amides is 1. The van der Waals surface area contributed by atoms with E-state index in [9.17, 15) is 4.79 Å². The second kappa shape index (κ2) is 14.1. The Labute approximate surface area is 214 Å². The van der Waals surface area contributed by atoms with Crippen molar-refractivity contribution in [3.05, 3.63) is 56.6 Å². The predicted octanol–water partition coefficient (Wildman–Crippen LogP) is 7.87. The minimum absolute atomic E-state index is 0.268. The molecule has 4 nitrogen and oxygen atoms in total. The molecule has 0 radical (unpaired) electrons. The van der Waals surface area contributed by atoms with E-state index >= 15 is 0 Å². The van der Waals surface area contributed by atoms with Gasteiger partial charge in [-0.2, -0.15) is 0 Å². The van der Waals surface area contributed by atoms with Crippen molar-refractivity contribution in [1.29, 1.82) is 0 Å². The number of hydrogen-bond donors (Lipinski definition) is 1. The molecule has 1 amide bonds. The Balaban J connectivity index is 0.00000265. The van der Waals surface area contributed by atoms with Gasteiger partial charge in [-0.1, -0.05) is 87.0 Å². The molecule has 0 aromatic rings. The van der Waals surface area contributed by atoms with E-state index in [1.54, 1.807) is 6.92 Å². The summed E-state index contributed by atoms with van der Waals surface area (Å²) in [5, 5.41) is 0.643. The quantitative estimate of drug-likeness (QED) is 0.204. The molecule has 184 valence electrons. The van der Waals surface area contributed by atoms with Gasteiger partial charge in [0, 0.05) is 22.9 Å². The summed E-state index contributed by atoms with van der Waals surface area (Å²) in [7, 11) is 0. The summed E-state index contributed by atoms with van der Waals surface area (Å²) < 4.78 is 0. The van der Waals surface area contributed by atoms with Crippen LogP contribution in [-0.4, -0.2) is 29.6 Å². The molecule has 0 aromatic carbocycles. The van der Waals surface area contributed by atoms with Crippen LogP contribution >= 0.6 is 35.0 Å². The number of thioether (sulfide) groups is 1. The van der Waals surface area contributed by atoms with E-state index in [1.165, 1.54) is 37.4 Å². The van der Waals surface area contributed by atoms with Gasteiger partial charge in [0.05, 0.1) is 21.3 Å². The van der Waals surface area contributed by atoms with Crippen molar-refractivity contribution in [2.24, 2.45) is 16.1 Å². The summed E-state index contributed by atoms with van der Waals surface area (Å²) in [5.74, 6) is 0.186. The Hall–Kier alpha value is -1.43. The van der Waals surface area contributed by atoms with E-state index < -0.39 is 5.91 Å². The highest BCUT2D eigenvalue weighted by Crippen LogP contribution is 2.46. The lowest BCUT2D eigenvalue weighted by Crippen LogP contribution is -2.39. The van der Waals surface area contributed by atoms with E-state index in [1.807, 2.05) is 39.8 Å². The van der Waals surface area contributed by atoms with Gasteiger partial charge in [0.15, 0.2) is 0 Å². The number of likely N-dealkylation sites (tertiary alicyclic amines) is 1. The molecule has 2 N–H and O–H groups in total. The van der Waals surface area contributed by atoms with Gasteiger partial charge in [-0.15, -0.1) is 0 Å². The van der Waals surface area contributed by atoms with Crippen molar-refractivity contribution in [2.45, 2.75) is 73.1 Å². The maximum Gasteiger partial charge on any atom is 0.248 e. The lowest BCUT2D eigenvalue weighted by Gasteiger charge is -2.40. The summed E-state index contributed by atoms with van der Waals surface area (Å²) in [6.45, 7) is 19.1. The fourth-order valence-electron chi connectivity index (χ4n) is 4.18. The number of carbonyl (C=O) groups excluding carboxylic acids is 1. The lowest BCUT2D eigenvalue weighted by molar-refractivity contribution is -0.114. The van der Waals surface area contributed by atoms with Gasteiger partial charge >= 0.3 is 0 Å². The molecule has 1 aliphatic heterocycles. The van der Waals surface area contributed by atoms with Crippen LogP contribution in [0.5, 0.6) is 0 Å². The topological polar surface area (TPSA) is 58.7 Å². The van der Waals surface area contributed by atoms with Crippen LogP contribution in [0.15, 0.2) is 61.6 Å². The third kappa shape index (κ3) is 8.38. The van der Waals surface area contributed by atoms with Crippen molar-refractivity contribution in [3.8, 4) is 0 Å². The first-order chi connectivity index (χ1) is 15.6. The highest BCUT2D eigenvalue weighted by molar-refractivity contribution is 8.07. The zero-order valence-corrected chi connectivity index (χ0v) is 23.1. The van der Waals surface area contributed by atoms with E-state index in [2.05, 4.69) is 18.1 Å². The van der Waals surface area contributed by atoms with Crippen LogP contribution in [0.1, 0.15) is 73.1 Å². The highest BCUT2D eigenvalue weighted by Gasteiger charge is 2.37. The third-order valence-corrected chi connectivity index (χ3v) is 8.11. The van der Waals surface area contributed by atoms with E-state index in [4.69, 9.17) is 33.9 Å². The Bertz CT molecular complexity index is 855. The van der Waals surface area contributed by atoms with Gasteiger partial charge in [0.1, 0.15) is 5.82 Å². The summed E-state index contributed by atoms with van der Waals surface area (Å²) >= 11 is 13.7. The fraction of sp³-hybridized carbons (Fsp3) is 0.538. The van der Waals surface area contributed by atoms with Crippen LogP contribution in [0, 0.1) is 5.41 Å². The maximum absolute atomic E-state index is 12.0. The van der Waals surface area contributed by atoms with E-state index in [0.29, 0.717) is 32.5 Å². The molecule has 2 fully saturated rings. The average Bonchev–Trinajstić information content (AvgIpc) is 3.25. The average molecular weight is 513 g/mol. The predicted molar refractivity (Wildman–Crippen MR) is 147 cm³/mol. The monoisotopic (exact) mass is 511 g/mol. The fourth-order valence-corrected chi connectivity index (χ4v) is 5.40. The molecule has 1 spiro atoms. The molecule has 33 heavy (non-hydrogen) atoms. The number of primary amides is 1. The van der Waals surface area contributed by atoms with Crippen molar-refractivity contribution >= 4 is 46.6 Å². The second-order valence-electron chi connectivity index (χ2n) is 8.31. The molecule has 1 aliphatic carbocycles. The SMILES string of the molecule is C=C(SC(/C=C\C)=C(\Cl)C(=C)Cl)/C(C)=N\C(=C(/C)C(N)=O)N1CCC2(CCCC2)CC1.CC. The number of hydrogen-bond acceptors (Lipinski definition) is 4. The molecule has 0 atom stereocenters. The van der Waals surface area contributed by atoms with Crippen molar-refractivity contribution in [1.82, 2.24) is 4.90 Å². The first-order valence-corrected chi connectivity index (χ1v) is 13.2. The molecule has 2 aliphatic rings. The second-order valence-corrected chi connectivity index (χ2v) is 10.3. The van der Waals surface area contributed by atoms with Crippen LogP contribution in [0.3, 0.4) is 0 Å². The number of rotatable bonds is 8. The molecule has 7 heteroatoms. The van der Waals surface area contributed by atoms with Crippen molar-refractivity contribution < 1.29 is 4.79 Å². The molecule has 0 aromatic heterocycles. The summed E-state index contributed by atoms with van der Waals surface area (Å²) in [6, 6.07) is 0. The Morgan fingerprint density at radius 2 is 1.64 bits per heavy atom. The Morgan fingerprint density at radius 3 is 2.09 bits per heavy atom. The molecule has 0 bridgehead atoms. The standard InChI is InChI=1S/C24H33Cl2N3OS.C2H6/c1-6-9-20(21(26)17(3)25)31-19(5)18(4)28-23(16(2)22(27)30)29-14-12-24(13-15-29)10-7-8-11-24;1-2/h6,9H,3,5,7-8,10-15H2,1-2,4H3,(H2,27,30);1-2H3/b9-6-,21-20-,23-16-,28-18-;. The molecular formula is C26H39Cl2N3OS. The number of halogens is 2. The van der Waals surface area contributed by atoms with Gasteiger partial charge in [-0.05, 0) is 51.9 Å². The molecule has 1 heterocycles. The number of piperidine rings is 1. The molecule has 1 saturated heterocycles. The minimum atomic E-state index is -0.457. The highest BCUT2D eigenvalue weighted by atomic mass is 35.5. The maximum atomic E-state index is 12.0. The largest absolute Gasteiger partial charge is 0.366 e. The van der Waals surface area contributed by atoms with Crippen LogP contribution in [0.25, 0.3) is 0 Å². The minimum Gasteiger partial charge on any atom is -0.366 e. The Kier molecular flexibility index (Phi) is 12.6. The van der Waals surface area contributed by atoms with Gasteiger partial charge in [0.25, 0.3) is 0 Å². The normalized spacial score (nSPS) is 19.6. The van der Waals surface area contributed by atoms with Gasteiger partial charge < -0.3 is 10.6 Å². The van der Waals surface area contributed by atoms with Crippen LogP contribution in [-0.2, 0) is 4.79 Å². The van der Waals surface area contributed by atoms with Crippen LogP contribution in [0.4, 0.5) is 0 Å². The summed E-state index contributed by atoms with van der Waals surface area (Å²) in [4.78, 5) is 20.4. The smallest absolute Gasteiger partial charge is 0.248 e. The van der Waals surface area contributed by atoms with Crippen molar-refractivity contribution in [2.75, 3.05) is 13.1 Å². The first kappa shape index (κ1) is 29.6. The van der Waals surface area contributed by atoms with Crippen LogP contribution in [0.2, 0.25) is 0 Å². The zero-order valence-electron chi connectivity index (χ0n) is 20.8.